The maximum atomic E-state index is 12.5. The maximum absolute atomic E-state index is 12.5. The highest BCUT2D eigenvalue weighted by molar-refractivity contribution is 6.30. The maximum Gasteiger partial charge on any atom is 0.361 e. The second-order valence-electron chi connectivity index (χ2n) is 6.91. The molecule has 0 radical (unpaired) electrons. The summed E-state index contributed by atoms with van der Waals surface area (Å²) in [6, 6.07) is 7.30. The fourth-order valence-corrected chi connectivity index (χ4v) is 3.65. The first kappa shape index (κ1) is 19.4. The molecule has 1 fully saturated rings. The number of piperidine rings is 1. The van der Waals surface area contributed by atoms with Gasteiger partial charge < -0.3 is 9.64 Å². The monoisotopic (exact) mass is 390 g/mol. The smallest absolute Gasteiger partial charge is 0.361 e. The molecule has 3 rings (SSSR count). The Labute approximate surface area is 163 Å². The van der Waals surface area contributed by atoms with Gasteiger partial charge >= 0.3 is 5.97 Å². The number of aromatic nitrogens is 3. The molecule has 1 saturated heterocycles. The van der Waals surface area contributed by atoms with Gasteiger partial charge in [0.05, 0.1) is 11.4 Å². The van der Waals surface area contributed by atoms with Crippen molar-refractivity contribution in [3.8, 4) is 5.69 Å². The molecule has 1 aromatic heterocycles. The summed E-state index contributed by atoms with van der Waals surface area (Å²) >= 11 is 5.98. The highest BCUT2D eigenvalue weighted by Gasteiger charge is 2.30. The summed E-state index contributed by atoms with van der Waals surface area (Å²) in [5, 5.41) is 8.97. The number of aryl methyl sites for hydroxylation is 1. The van der Waals surface area contributed by atoms with Crippen molar-refractivity contribution in [3.05, 3.63) is 40.7 Å². The third kappa shape index (κ3) is 4.30. The zero-order valence-corrected chi connectivity index (χ0v) is 16.4. The summed E-state index contributed by atoms with van der Waals surface area (Å²) in [5.74, 6) is -0.839. The van der Waals surface area contributed by atoms with E-state index < -0.39 is 5.97 Å². The zero-order chi connectivity index (χ0) is 19.6. The Morgan fingerprint density at radius 2 is 1.93 bits per heavy atom. The average Bonchev–Trinajstić information content (AvgIpc) is 3.01. The molecule has 27 heavy (non-hydrogen) atoms. The molecular formula is C19H23ClN4O3. The van der Waals surface area contributed by atoms with E-state index in [1.165, 1.54) is 4.80 Å². The molecule has 144 valence electrons. The van der Waals surface area contributed by atoms with Crippen LogP contribution in [0.15, 0.2) is 24.3 Å². The van der Waals surface area contributed by atoms with Crippen LogP contribution in [-0.2, 0) is 9.53 Å². The van der Waals surface area contributed by atoms with Gasteiger partial charge in [0.15, 0.2) is 12.3 Å². The summed E-state index contributed by atoms with van der Waals surface area (Å²) in [7, 11) is 0. The van der Waals surface area contributed by atoms with Gasteiger partial charge in [0.1, 0.15) is 0 Å². The van der Waals surface area contributed by atoms with Crippen molar-refractivity contribution >= 4 is 23.5 Å². The number of carbonyl (C=O) groups excluding carboxylic acids is 2. The van der Waals surface area contributed by atoms with Gasteiger partial charge in [-0.1, -0.05) is 17.7 Å². The summed E-state index contributed by atoms with van der Waals surface area (Å²) in [6.45, 7) is 5.42. The Bertz CT molecular complexity index is 841. The second kappa shape index (κ2) is 8.08. The zero-order valence-electron chi connectivity index (χ0n) is 15.7. The first-order valence-corrected chi connectivity index (χ1v) is 9.42. The molecule has 0 saturated carbocycles. The molecule has 8 heteroatoms. The van der Waals surface area contributed by atoms with Gasteiger partial charge in [-0.15, -0.1) is 5.10 Å². The van der Waals surface area contributed by atoms with Crippen molar-refractivity contribution in [3.63, 3.8) is 0 Å². The number of hydrogen-bond donors (Lipinski definition) is 0. The number of amides is 1. The fraction of sp³-hybridized carbons (Fsp3) is 0.474. The number of benzene rings is 1. The molecule has 1 amide bonds. The third-order valence-corrected chi connectivity index (χ3v) is 5.06. The van der Waals surface area contributed by atoms with E-state index in [1.54, 1.807) is 31.2 Å². The van der Waals surface area contributed by atoms with Gasteiger partial charge in [-0.05, 0) is 58.2 Å². The number of hydrogen-bond acceptors (Lipinski definition) is 5. The Balaban J connectivity index is 1.67. The lowest BCUT2D eigenvalue weighted by atomic mass is 9.97. The standard InChI is InChI=1S/C19H23ClN4O3/c1-12-6-4-7-13(2)23(12)17(25)11-27-19(26)18-14(3)21-24(22-18)16-9-5-8-15(20)10-16/h5,8-10,12-13H,4,6-7,11H2,1-3H3/t12-,13-/m1/s1. The highest BCUT2D eigenvalue weighted by atomic mass is 35.5. The predicted octanol–water partition coefficient (Wildman–Crippen LogP) is 3.18. The van der Waals surface area contributed by atoms with Crippen LogP contribution >= 0.6 is 11.6 Å². The third-order valence-electron chi connectivity index (χ3n) is 4.82. The van der Waals surface area contributed by atoms with Crippen molar-refractivity contribution in [1.29, 1.82) is 0 Å². The van der Waals surface area contributed by atoms with Gasteiger partial charge in [-0.2, -0.15) is 9.90 Å². The van der Waals surface area contributed by atoms with Crippen LogP contribution in [0.4, 0.5) is 0 Å². The molecular weight excluding hydrogens is 368 g/mol. The van der Waals surface area contributed by atoms with E-state index in [4.69, 9.17) is 16.3 Å². The van der Waals surface area contributed by atoms with Crippen LogP contribution in [0.2, 0.25) is 5.02 Å². The lowest BCUT2D eigenvalue weighted by Gasteiger charge is -2.38. The van der Waals surface area contributed by atoms with E-state index in [0.29, 0.717) is 16.4 Å². The molecule has 1 aliphatic rings. The van der Waals surface area contributed by atoms with E-state index >= 15 is 0 Å². The molecule has 0 spiro atoms. The van der Waals surface area contributed by atoms with Gasteiger partial charge in [-0.25, -0.2) is 4.79 Å². The Morgan fingerprint density at radius 3 is 2.59 bits per heavy atom. The highest BCUT2D eigenvalue weighted by Crippen LogP contribution is 2.22. The average molecular weight is 391 g/mol. The molecule has 0 aliphatic carbocycles. The lowest BCUT2D eigenvalue weighted by molar-refractivity contribution is -0.140. The molecule has 1 aliphatic heterocycles. The molecule has 1 aromatic carbocycles. The van der Waals surface area contributed by atoms with Crippen molar-refractivity contribution in [2.24, 2.45) is 0 Å². The Kier molecular flexibility index (Phi) is 5.79. The van der Waals surface area contributed by atoms with Crippen molar-refractivity contribution in [1.82, 2.24) is 19.9 Å². The largest absolute Gasteiger partial charge is 0.451 e. The minimum atomic E-state index is -0.661. The summed E-state index contributed by atoms with van der Waals surface area (Å²) in [5.41, 5.74) is 1.14. The number of halogens is 1. The van der Waals surface area contributed by atoms with Crippen molar-refractivity contribution < 1.29 is 14.3 Å². The fourth-order valence-electron chi connectivity index (χ4n) is 3.47. The van der Waals surface area contributed by atoms with Gasteiger partial charge in [0, 0.05) is 17.1 Å². The molecule has 7 nitrogen and oxygen atoms in total. The van der Waals surface area contributed by atoms with Gasteiger partial charge in [-0.3, -0.25) is 4.79 Å². The summed E-state index contributed by atoms with van der Waals surface area (Å²) in [4.78, 5) is 28.0. The molecule has 2 atom stereocenters. The van der Waals surface area contributed by atoms with Gasteiger partial charge in [0.2, 0.25) is 0 Å². The molecule has 0 bridgehead atoms. The molecule has 0 N–H and O–H groups in total. The van der Waals surface area contributed by atoms with Crippen LogP contribution < -0.4 is 0 Å². The van der Waals surface area contributed by atoms with Crippen LogP contribution in [0.5, 0.6) is 0 Å². The van der Waals surface area contributed by atoms with E-state index in [0.717, 1.165) is 19.3 Å². The van der Waals surface area contributed by atoms with Crippen molar-refractivity contribution in [2.75, 3.05) is 6.61 Å². The molecule has 0 unspecified atom stereocenters. The Hall–Kier alpha value is -2.41. The number of nitrogens with zero attached hydrogens (tertiary/aromatic N) is 4. The minimum absolute atomic E-state index is 0.0857. The SMILES string of the molecule is Cc1nn(-c2cccc(Cl)c2)nc1C(=O)OCC(=O)N1[C@H](C)CCC[C@H]1C. The summed E-state index contributed by atoms with van der Waals surface area (Å²) in [6.07, 6.45) is 3.05. The number of rotatable bonds is 4. The number of carbonyl (C=O) groups is 2. The number of esters is 1. The van der Waals surface area contributed by atoms with E-state index in [1.807, 2.05) is 18.7 Å². The van der Waals surface area contributed by atoms with Crippen LogP contribution in [-0.4, -0.2) is 50.5 Å². The second-order valence-corrected chi connectivity index (χ2v) is 7.35. The van der Waals surface area contributed by atoms with Crippen LogP contribution in [0.3, 0.4) is 0 Å². The number of ether oxygens (including phenoxy) is 1. The van der Waals surface area contributed by atoms with E-state index in [9.17, 15) is 9.59 Å². The van der Waals surface area contributed by atoms with Gasteiger partial charge in [0.25, 0.3) is 5.91 Å². The molecule has 2 heterocycles. The lowest BCUT2D eigenvalue weighted by Crippen LogP contribution is -2.49. The first-order valence-electron chi connectivity index (χ1n) is 9.05. The summed E-state index contributed by atoms with van der Waals surface area (Å²) < 4.78 is 5.22. The van der Waals surface area contributed by atoms with Crippen LogP contribution in [0.25, 0.3) is 5.69 Å². The number of likely N-dealkylation sites (tertiary alicyclic amines) is 1. The topological polar surface area (TPSA) is 77.3 Å². The van der Waals surface area contributed by atoms with E-state index in [-0.39, 0.29) is 30.3 Å². The normalized spacial score (nSPS) is 19.8. The predicted molar refractivity (Wildman–Crippen MR) is 101 cm³/mol. The van der Waals surface area contributed by atoms with E-state index in [2.05, 4.69) is 10.2 Å². The minimum Gasteiger partial charge on any atom is -0.451 e. The Morgan fingerprint density at radius 1 is 1.22 bits per heavy atom. The van der Waals surface area contributed by atoms with Crippen LogP contribution in [0.1, 0.15) is 49.3 Å². The quantitative estimate of drug-likeness (QED) is 0.749. The van der Waals surface area contributed by atoms with Crippen molar-refractivity contribution in [2.45, 2.75) is 52.1 Å². The first-order chi connectivity index (χ1) is 12.9. The van der Waals surface area contributed by atoms with Crippen LogP contribution in [0, 0.1) is 6.92 Å². The molecule has 2 aromatic rings.